The lowest BCUT2D eigenvalue weighted by atomic mass is 9.89. The Labute approximate surface area is 119 Å². The van der Waals surface area contributed by atoms with Crippen molar-refractivity contribution in [3.05, 3.63) is 35.3 Å². The van der Waals surface area contributed by atoms with Gasteiger partial charge in [0.2, 0.25) is 0 Å². The Morgan fingerprint density at radius 2 is 1.90 bits per heavy atom. The molecular weight excluding hydrogens is 253 g/mol. The minimum Gasteiger partial charge on any atom is -0.459 e. The highest BCUT2D eigenvalue weighted by atomic mass is 19.1. The average molecular weight is 275 g/mol. The minimum atomic E-state index is -0.226. The zero-order valence-electron chi connectivity index (χ0n) is 12.0. The highest BCUT2D eigenvalue weighted by molar-refractivity contribution is 5.82. The van der Waals surface area contributed by atoms with Crippen LogP contribution in [0, 0.1) is 18.7 Å². The summed E-state index contributed by atoms with van der Waals surface area (Å²) >= 11 is 0. The minimum absolute atomic E-state index is 0.0661. The summed E-state index contributed by atoms with van der Waals surface area (Å²) in [5.41, 5.74) is 8.19. The summed E-state index contributed by atoms with van der Waals surface area (Å²) in [6.45, 7) is 1.98. The Morgan fingerprint density at radius 1 is 1.20 bits per heavy atom. The number of hydrogen-bond acceptors (Lipinski definition) is 2. The summed E-state index contributed by atoms with van der Waals surface area (Å²) in [5.74, 6) is 1.11. The molecule has 108 valence electrons. The number of rotatable bonds is 2. The predicted molar refractivity (Wildman–Crippen MR) is 79.0 cm³/mol. The molecule has 1 aromatic heterocycles. The first kappa shape index (κ1) is 13.6. The van der Waals surface area contributed by atoms with E-state index in [1.807, 2.05) is 6.92 Å². The monoisotopic (exact) mass is 275 g/mol. The molecule has 0 spiro atoms. The van der Waals surface area contributed by atoms with Gasteiger partial charge in [-0.2, -0.15) is 0 Å². The van der Waals surface area contributed by atoms with E-state index in [1.165, 1.54) is 50.7 Å². The smallest absolute Gasteiger partial charge is 0.134 e. The van der Waals surface area contributed by atoms with E-state index in [9.17, 15) is 4.39 Å². The lowest BCUT2D eigenvalue weighted by Crippen LogP contribution is -2.21. The molecule has 0 bridgehead atoms. The molecule has 2 N–H and O–H groups in total. The van der Waals surface area contributed by atoms with Gasteiger partial charge in [0.15, 0.2) is 0 Å². The van der Waals surface area contributed by atoms with Crippen molar-refractivity contribution in [3.63, 3.8) is 0 Å². The van der Waals surface area contributed by atoms with E-state index in [4.69, 9.17) is 10.2 Å². The summed E-state index contributed by atoms with van der Waals surface area (Å²) < 4.78 is 19.3. The topological polar surface area (TPSA) is 39.2 Å². The number of fused-ring (bicyclic) bond motifs is 1. The molecule has 1 heterocycles. The fraction of sp³-hybridized carbons (Fsp3) is 0.529. The molecule has 1 aliphatic rings. The molecule has 2 nitrogen and oxygen atoms in total. The summed E-state index contributed by atoms with van der Waals surface area (Å²) in [4.78, 5) is 0. The molecule has 3 rings (SSSR count). The Balaban J connectivity index is 1.94. The molecule has 0 amide bonds. The Bertz CT molecular complexity index is 596. The number of aryl methyl sites for hydroxylation is 1. The number of benzene rings is 1. The SMILES string of the molecule is Cc1c(C(N)C2CCCCCC2)oc2ccc(F)cc12. The highest BCUT2D eigenvalue weighted by Gasteiger charge is 2.26. The first-order valence-electron chi connectivity index (χ1n) is 7.61. The van der Waals surface area contributed by atoms with Gasteiger partial charge in [-0.15, -0.1) is 0 Å². The van der Waals surface area contributed by atoms with Crippen molar-refractivity contribution < 1.29 is 8.81 Å². The van der Waals surface area contributed by atoms with Gasteiger partial charge in [0.25, 0.3) is 0 Å². The molecule has 1 unspecified atom stereocenters. The quantitative estimate of drug-likeness (QED) is 0.796. The third-order valence-corrected chi connectivity index (χ3v) is 4.65. The van der Waals surface area contributed by atoms with Crippen LogP contribution in [-0.4, -0.2) is 0 Å². The van der Waals surface area contributed by atoms with Gasteiger partial charge in [-0.25, -0.2) is 4.39 Å². The molecule has 1 aliphatic carbocycles. The number of furan rings is 1. The molecule has 3 heteroatoms. The summed E-state index contributed by atoms with van der Waals surface area (Å²) in [7, 11) is 0. The van der Waals surface area contributed by atoms with E-state index in [0.717, 1.165) is 22.3 Å². The molecule has 20 heavy (non-hydrogen) atoms. The number of nitrogens with two attached hydrogens (primary N) is 1. The molecule has 1 saturated carbocycles. The number of hydrogen-bond donors (Lipinski definition) is 1. The molecule has 1 aromatic carbocycles. The van der Waals surface area contributed by atoms with Gasteiger partial charge in [-0.05, 0) is 43.9 Å². The first-order chi connectivity index (χ1) is 9.66. The maximum Gasteiger partial charge on any atom is 0.134 e. The van der Waals surface area contributed by atoms with Gasteiger partial charge in [-0.1, -0.05) is 25.7 Å². The lowest BCUT2D eigenvalue weighted by molar-refractivity contribution is 0.338. The predicted octanol–water partition coefficient (Wildman–Crippen LogP) is 4.85. The molecule has 0 aliphatic heterocycles. The van der Waals surface area contributed by atoms with Gasteiger partial charge >= 0.3 is 0 Å². The van der Waals surface area contributed by atoms with Crippen LogP contribution >= 0.6 is 0 Å². The van der Waals surface area contributed by atoms with Crippen LogP contribution in [0.3, 0.4) is 0 Å². The Morgan fingerprint density at radius 3 is 2.60 bits per heavy atom. The molecule has 1 fully saturated rings. The molecular formula is C17H22FNO. The lowest BCUT2D eigenvalue weighted by Gasteiger charge is -2.21. The van der Waals surface area contributed by atoms with Gasteiger partial charge in [0.05, 0.1) is 6.04 Å². The van der Waals surface area contributed by atoms with Gasteiger partial charge in [0.1, 0.15) is 17.2 Å². The van der Waals surface area contributed by atoms with E-state index in [-0.39, 0.29) is 11.9 Å². The largest absolute Gasteiger partial charge is 0.459 e. The fourth-order valence-corrected chi connectivity index (χ4v) is 3.41. The summed E-state index contributed by atoms with van der Waals surface area (Å²) in [6.07, 6.45) is 7.48. The van der Waals surface area contributed by atoms with E-state index in [0.29, 0.717) is 5.92 Å². The molecule has 0 radical (unpaired) electrons. The maximum absolute atomic E-state index is 13.4. The van der Waals surface area contributed by atoms with Gasteiger partial charge in [0, 0.05) is 10.9 Å². The Hall–Kier alpha value is -1.35. The second-order valence-corrected chi connectivity index (χ2v) is 6.01. The first-order valence-corrected chi connectivity index (χ1v) is 7.61. The second kappa shape index (κ2) is 5.57. The molecule has 0 saturated heterocycles. The zero-order valence-corrected chi connectivity index (χ0v) is 12.0. The van der Waals surface area contributed by atoms with Gasteiger partial charge in [-0.3, -0.25) is 0 Å². The third-order valence-electron chi connectivity index (χ3n) is 4.65. The summed E-state index contributed by atoms with van der Waals surface area (Å²) in [6, 6.07) is 4.61. The van der Waals surface area contributed by atoms with Crippen molar-refractivity contribution in [2.45, 2.75) is 51.5 Å². The van der Waals surface area contributed by atoms with Crippen LogP contribution < -0.4 is 5.73 Å². The zero-order chi connectivity index (χ0) is 14.1. The molecule has 2 aromatic rings. The van der Waals surface area contributed by atoms with Crippen LogP contribution in [0.4, 0.5) is 4.39 Å². The van der Waals surface area contributed by atoms with E-state index in [2.05, 4.69) is 0 Å². The second-order valence-electron chi connectivity index (χ2n) is 6.01. The van der Waals surface area contributed by atoms with E-state index < -0.39 is 0 Å². The van der Waals surface area contributed by atoms with Crippen LogP contribution in [0.1, 0.15) is 55.9 Å². The Kier molecular flexibility index (Phi) is 3.79. The molecule has 1 atom stereocenters. The number of halogens is 1. The third kappa shape index (κ3) is 2.47. The van der Waals surface area contributed by atoms with E-state index in [1.54, 1.807) is 6.07 Å². The van der Waals surface area contributed by atoms with Crippen molar-refractivity contribution in [1.82, 2.24) is 0 Å². The van der Waals surface area contributed by atoms with Crippen LogP contribution in [0.2, 0.25) is 0 Å². The average Bonchev–Trinajstić information content (AvgIpc) is 2.66. The normalized spacial score (nSPS) is 19.1. The van der Waals surface area contributed by atoms with Crippen LogP contribution in [0.5, 0.6) is 0 Å². The van der Waals surface area contributed by atoms with Crippen molar-refractivity contribution in [2.24, 2.45) is 11.7 Å². The van der Waals surface area contributed by atoms with Crippen LogP contribution in [0.25, 0.3) is 11.0 Å². The van der Waals surface area contributed by atoms with Crippen molar-refractivity contribution >= 4 is 11.0 Å². The highest BCUT2D eigenvalue weighted by Crippen LogP contribution is 2.36. The van der Waals surface area contributed by atoms with Crippen LogP contribution in [-0.2, 0) is 0 Å². The van der Waals surface area contributed by atoms with Gasteiger partial charge < -0.3 is 10.2 Å². The van der Waals surface area contributed by atoms with Crippen molar-refractivity contribution in [2.75, 3.05) is 0 Å². The van der Waals surface area contributed by atoms with Crippen molar-refractivity contribution in [1.29, 1.82) is 0 Å². The fourth-order valence-electron chi connectivity index (χ4n) is 3.41. The van der Waals surface area contributed by atoms with Crippen LogP contribution in [0.15, 0.2) is 22.6 Å². The standard InChI is InChI=1S/C17H22FNO/c1-11-14-10-13(18)8-9-15(14)20-17(11)16(19)12-6-4-2-3-5-7-12/h8-10,12,16H,2-7,19H2,1H3. The van der Waals surface area contributed by atoms with Crippen molar-refractivity contribution in [3.8, 4) is 0 Å². The maximum atomic E-state index is 13.4. The van der Waals surface area contributed by atoms with E-state index >= 15 is 0 Å². The summed E-state index contributed by atoms with van der Waals surface area (Å²) in [5, 5.41) is 0.851.